The van der Waals surface area contributed by atoms with Crippen LogP contribution in [0.5, 0.6) is 5.75 Å². The first-order valence-electron chi connectivity index (χ1n) is 9.62. The third kappa shape index (κ3) is 4.75. The Hall–Kier alpha value is -1.51. The Balaban J connectivity index is 1.57. The van der Waals surface area contributed by atoms with E-state index in [9.17, 15) is 4.79 Å². The lowest BCUT2D eigenvalue weighted by molar-refractivity contribution is -0.148. The van der Waals surface area contributed by atoms with Gasteiger partial charge in [-0.2, -0.15) is 0 Å². The maximum absolute atomic E-state index is 11.3. The van der Waals surface area contributed by atoms with Gasteiger partial charge < -0.3 is 9.47 Å². The summed E-state index contributed by atoms with van der Waals surface area (Å²) in [6.07, 6.45) is 11.2. The molecular weight excluding hydrogens is 300 g/mol. The molecule has 3 rings (SSSR count). The highest BCUT2D eigenvalue weighted by Crippen LogP contribution is 2.36. The van der Waals surface area contributed by atoms with Crippen molar-refractivity contribution in [1.29, 1.82) is 0 Å². The number of carbonyl (C=O) groups is 1. The van der Waals surface area contributed by atoms with Gasteiger partial charge in [0.15, 0.2) is 0 Å². The van der Waals surface area contributed by atoms with Crippen LogP contribution in [-0.2, 0) is 9.53 Å². The van der Waals surface area contributed by atoms with Gasteiger partial charge in [0.2, 0.25) is 0 Å². The van der Waals surface area contributed by atoms with Gasteiger partial charge in [-0.25, -0.2) is 0 Å². The quantitative estimate of drug-likeness (QED) is 0.693. The summed E-state index contributed by atoms with van der Waals surface area (Å²) in [4.78, 5) is 11.3. The Morgan fingerprint density at radius 2 is 1.62 bits per heavy atom. The number of hydrogen-bond acceptors (Lipinski definition) is 3. The first-order valence-corrected chi connectivity index (χ1v) is 9.62. The van der Waals surface area contributed by atoms with Crippen molar-refractivity contribution in [3.8, 4) is 5.75 Å². The number of ether oxygens (including phenoxy) is 2. The summed E-state index contributed by atoms with van der Waals surface area (Å²) in [7, 11) is 0. The van der Waals surface area contributed by atoms with Crippen LogP contribution < -0.4 is 4.74 Å². The van der Waals surface area contributed by atoms with Crippen molar-refractivity contribution in [2.45, 2.75) is 76.7 Å². The molecule has 2 aliphatic rings. The minimum atomic E-state index is -0.167. The van der Waals surface area contributed by atoms with Crippen LogP contribution in [0.1, 0.15) is 76.2 Å². The fourth-order valence-corrected chi connectivity index (χ4v) is 4.21. The Morgan fingerprint density at radius 1 is 0.958 bits per heavy atom. The molecule has 1 aromatic carbocycles. The van der Waals surface area contributed by atoms with Crippen LogP contribution in [0.2, 0.25) is 0 Å². The fourth-order valence-electron chi connectivity index (χ4n) is 4.21. The van der Waals surface area contributed by atoms with Gasteiger partial charge in [-0.3, -0.25) is 4.79 Å². The zero-order valence-electron chi connectivity index (χ0n) is 14.8. The van der Waals surface area contributed by atoms with Crippen molar-refractivity contribution in [1.82, 2.24) is 0 Å². The van der Waals surface area contributed by atoms with E-state index in [1.807, 2.05) is 0 Å². The lowest BCUT2D eigenvalue weighted by atomic mass is 9.81. The second kappa shape index (κ2) is 8.55. The van der Waals surface area contributed by atoms with E-state index in [4.69, 9.17) is 9.47 Å². The molecule has 2 atom stereocenters. The average Bonchev–Trinajstić information content (AvgIpc) is 2.61. The molecule has 0 heterocycles. The van der Waals surface area contributed by atoms with Gasteiger partial charge >= 0.3 is 5.97 Å². The van der Waals surface area contributed by atoms with Crippen LogP contribution in [0.25, 0.3) is 0 Å². The van der Waals surface area contributed by atoms with Gasteiger partial charge in [-0.05, 0) is 55.7 Å². The number of esters is 1. The van der Waals surface area contributed by atoms with Crippen molar-refractivity contribution in [3.63, 3.8) is 0 Å². The minimum absolute atomic E-state index is 0.0326. The molecule has 132 valence electrons. The second-order valence-electron chi connectivity index (χ2n) is 7.42. The van der Waals surface area contributed by atoms with Crippen LogP contribution in [-0.4, -0.2) is 18.7 Å². The molecule has 2 aliphatic carbocycles. The predicted molar refractivity (Wildman–Crippen MR) is 95.3 cm³/mol. The highest BCUT2D eigenvalue weighted by molar-refractivity contribution is 5.66. The molecular formula is C21H30O3. The smallest absolute Gasteiger partial charge is 0.302 e. The lowest BCUT2D eigenvalue weighted by Gasteiger charge is -2.31. The first kappa shape index (κ1) is 17.3. The highest BCUT2D eigenvalue weighted by atomic mass is 16.5. The van der Waals surface area contributed by atoms with E-state index in [1.165, 1.54) is 51.0 Å². The van der Waals surface area contributed by atoms with Gasteiger partial charge in [0.25, 0.3) is 0 Å². The number of rotatable bonds is 5. The molecule has 0 radical (unpaired) electrons. The van der Waals surface area contributed by atoms with Crippen molar-refractivity contribution in [3.05, 3.63) is 29.8 Å². The van der Waals surface area contributed by atoms with Crippen LogP contribution in [0, 0.1) is 5.92 Å². The number of benzene rings is 1. The summed E-state index contributed by atoms with van der Waals surface area (Å²) in [6.45, 7) is 2.35. The molecule has 0 saturated heterocycles. The molecule has 0 aliphatic heterocycles. The molecule has 24 heavy (non-hydrogen) atoms. The van der Waals surface area contributed by atoms with E-state index >= 15 is 0 Å². The van der Waals surface area contributed by atoms with Gasteiger partial charge in [-0.1, -0.05) is 37.8 Å². The molecule has 0 aromatic heterocycles. The Bertz CT molecular complexity index is 516. The fraction of sp³-hybridized carbons (Fsp3) is 0.667. The molecule has 1 aromatic rings. The number of carbonyl (C=O) groups excluding carboxylic acids is 1. The Labute approximate surface area is 145 Å². The summed E-state index contributed by atoms with van der Waals surface area (Å²) in [5.41, 5.74) is 1.27. The van der Waals surface area contributed by atoms with E-state index in [2.05, 4.69) is 24.3 Å². The average molecular weight is 330 g/mol. The van der Waals surface area contributed by atoms with Gasteiger partial charge in [0.1, 0.15) is 11.9 Å². The monoisotopic (exact) mass is 330 g/mol. The van der Waals surface area contributed by atoms with E-state index < -0.39 is 0 Å². The zero-order chi connectivity index (χ0) is 16.8. The summed E-state index contributed by atoms with van der Waals surface area (Å²) in [6, 6.07) is 8.47. The second-order valence-corrected chi connectivity index (χ2v) is 7.42. The normalized spacial score (nSPS) is 25.2. The van der Waals surface area contributed by atoms with E-state index in [0.717, 1.165) is 37.5 Å². The Morgan fingerprint density at radius 3 is 2.33 bits per heavy atom. The Kier molecular flexibility index (Phi) is 6.17. The highest BCUT2D eigenvalue weighted by Gasteiger charge is 2.28. The lowest BCUT2D eigenvalue weighted by Crippen LogP contribution is -2.27. The van der Waals surface area contributed by atoms with Gasteiger partial charge in [0, 0.05) is 12.8 Å². The molecule has 2 saturated carbocycles. The van der Waals surface area contributed by atoms with Crippen molar-refractivity contribution < 1.29 is 14.3 Å². The summed E-state index contributed by atoms with van der Waals surface area (Å²) in [5, 5.41) is 0. The third-order valence-electron chi connectivity index (χ3n) is 5.54. The van der Waals surface area contributed by atoms with Crippen LogP contribution in [0.3, 0.4) is 0 Å². The maximum Gasteiger partial charge on any atom is 0.302 e. The molecule has 0 bridgehead atoms. The molecule has 2 fully saturated rings. The van der Waals surface area contributed by atoms with Crippen LogP contribution in [0.15, 0.2) is 24.3 Å². The largest absolute Gasteiger partial charge is 0.493 e. The van der Waals surface area contributed by atoms with E-state index in [1.54, 1.807) is 0 Å². The predicted octanol–water partition coefficient (Wildman–Crippen LogP) is 5.24. The van der Waals surface area contributed by atoms with Gasteiger partial charge in [0.05, 0.1) is 6.61 Å². The topological polar surface area (TPSA) is 35.5 Å². The summed E-state index contributed by atoms with van der Waals surface area (Å²) in [5.74, 6) is 1.85. The summed E-state index contributed by atoms with van der Waals surface area (Å²) >= 11 is 0. The minimum Gasteiger partial charge on any atom is -0.493 e. The number of hydrogen-bond donors (Lipinski definition) is 0. The first-order chi connectivity index (χ1) is 11.7. The molecule has 3 nitrogen and oxygen atoms in total. The maximum atomic E-state index is 11.3. The molecule has 0 amide bonds. The van der Waals surface area contributed by atoms with Crippen molar-refractivity contribution >= 4 is 5.97 Å². The van der Waals surface area contributed by atoms with Crippen molar-refractivity contribution in [2.24, 2.45) is 5.92 Å². The standard InChI is InChI=1S/C21H30O3/c1-16(22)24-21-10-6-5-9-20(21)18-11-13-19(14-12-18)23-15-17-7-3-2-4-8-17/h11-14,17,20-21H,2-10,15H2,1H3. The zero-order valence-corrected chi connectivity index (χ0v) is 14.8. The van der Waals surface area contributed by atoms with Gasteiger partial charge in [-0.15, -0.1) is 0 Å². The van der Waals surface area contributed by atoms with E-state index in [0.29, 0.717) is 5.92 Å². The van der Waals surface area contributed by atoms with Crippen LogP contribution >= 0.6 is 0 Å². The third-order valence-corrected chi connectivity index (χ3v) is 5.54. The molecule has 0 N–H and O–H groups in total. The molecule has 2 unspecified atom stereocenters. The van der Waals surface area contributed by atoms with Crippen molar-refractivity contribution in [2.75, 3.05) is 6.61 Å². The SMILES string of the molecule is CC(=O)OC1CCCCC1c1ccc(OCC2CCCCC2)cc1. The molecule has 3 heteroatoms. The summed E-state index contributed by atoms with van der Waals surface area (Å²) < 4.78 is 11.5. The van der Waals surface area contributed by atoms with E-state index in [-0.39, 0.29) is 12.1 Å². The van der Waals surface area contributed by atoms with Crippen LogP contribution in [0.4, 0.5) is 0 Å². The molecule has 0 spiro atoms.